The summed E-state index contributed by atoms with van der Waals surface area (Å²) < 4.78 is 105. The van der Waals surface area contributed by atoms with Crippen molar-refractivity contribution in [3.05, 3.63) is 59.7 Å². The van der Waals surface area contributed by atoms with Gasteiger partial charge in [-0.05, 0) is 43.3 Å². The van der Waals surface area contributed by atoms with E-state index in [9.17, 15) is 39.2 Å². The molecule has 0 saturated carbocycles. The molecule has 7 nitrogen and oxygen atoms in total. The van der Waals surface area contributed by atoms with Crippen LogP contribution in [-0.4, -0.2) is 63.4 Å². The minimum Gasteiger partial charge on any atom is -0.339 e. The second kappa shape index (κ2) is 8.79. The number of halogens is 4. The van der Waals surface area contributed by atoms with Crippen molar-refractivity contribution in [1.82, 2.24) is 9.21 Å². The maximum Gasteiger partial charge on any atom is 0.246 e. The maximum atomic E-state index is 14.0. The second-order valence-electron chi connectivity index (χ2n) is 7.04. The van der Waals surface area contributed by atoms with Crippen LogP contribution in [0.1, 0.15) is 6.92 Å². The zero-order valence-corrected chi connectivity index (χ0v) is 18.3. The lowest BCUT2D eigenvalue weighted by Gasteiger charge is -2.35. The number of sulfonamides is 1. The Morgan fingerprint density at radius 2 is 1.41 bits per heavy atom. The Morgan fingerprint density at radius 1 is 0.844 bits per heavy atom. The quantitative estimate of drug-likeness (QED) is 0.360. The van der Waals surface area contributed by atoms with Gasteiger partial charge in [-0.15, -0.1) is 0 Å². The Bertz CT molecular complexity index is 1240. The molecular weight excluding hydrogens is 476 g/mol. The first-order chi connectivity index (χ1) is 14.9. The number of nitrogens with zero attached hydrogens (tertiary/aromatic N) is 2. The van der Waals surface area contributed by atoms with Gasteiger partial charge in [0.15, 0.2) is 27.3 Å². The summed E-state index contributed by atoms with van der Waals surface area (Å²) in [5.74, 6) is -6.72. The molecule has 1 amide bonds. The lowest BCUT2D eigenvalue weighted by molar-refractivity contribution is -0.131. The molecule has 174 valence electrons. The highest BCUT2D eigenvalue weighted by Gasteiger charge is 2.37. The van der Waals surface area contributed by atoms with Gasteiger partial charge < -0.3 is 4.90 Å². The Labute approximate surface area is 182 Å². The number of carbonyl (C=O) groups is 1. The summed E-state index contributed by atoms with van der Waals surface area (Å²) in [6.07, 6.45) is 0. The zero-order chi connectivity index (χ0) is 23.8. The minimum absolute atomic E-state index is 0.202. The molecule has 1 saturated heterocycles. The molecule has 0 aliphatic carbocycles. The van der Waals surface area contributed by atoms with Crippen molar-refractivity contribution in [3.8, 4) is 0 Å². The molecular formula is C19H18F4N2O5S2. The van der Waals surface area contributed by atoms with Gasteiger partial charge in [-0.3, -0.25) is 4.79 Å². The van der Waals surface area contributed by atoms with Gasteiger partial charge in [0.1, 0.15) is 16.0 Å². The zero-order valence-electron chi connectivity index (χ0n) is 16.6. The average molecular weight is 494 g/mol. The fourth-order valence-electron chi connectivity index (χ4n) is 3.21. The van der Waals surface area contributed by atoms with Crippen LogP contribution < -0.4 is 0 Å². The summed E-state index contributed by atoms with van der Waals surface area (Å²) >= 11 is 0. The fourth-order valence-corrected chi connectivity index (χ4v) is 6.03. The van der Waals surface area contributed by atoms with Gasteiger partial charge in [-0.1, -0.05) is 0 Å². The SMILES string of the molecule is CC(C(=O)N1CCN(S(=O)(=O)c2ccc(F)c(F)c2F)CC1)S(=O)(=O)c1ccc(F)cc1. The van der Waals surface area contributed by atoms with Crippen molar-refractivity contribution in [2.45, 2.75) is 22.0 Å². The third-order valence-electron chi connectivity index (χ3n) is 5.12. The number of benzene rings is 2. The van der Waals surface area contributed by atoms with E-state index in [1.165, 1.54) is 6.92 Å². The van der Waals surface area contributed by atoms with Crippen molar-refractivity contribution >= 4 is 25.8 Å². The first-order valence-electron chi connectivity index (χ1n) is 9.29. The Morgan fingerprint density at radius 3 is 1.97 bits per heavy atom. The molecule has 3 rings (SSSR count). The number of piperazine rings is 1. The van der Waals surface area contributed by atoms with Crippen LogP contribution in [0.5, 0.6) is 0 Å². The monoisotopic (exact) mass is 494 g/mol. The molecule has 2 aromatic carbocycles. The van der Waals surface area contributed by atoms with E-state index in [1.54, 1.807) is 0 Å². The Hall–Kier alpha value is -2.51. The normalized spacial score (nSPS) is 16.7. The molecule has 1 unspecified atom stereocenters. The Kier molecular flexibility index (Phi) is 6.63. The van der Waals surface area contributed by atoms with Crippen LogP contribution in [0, 0.1) is 23.3 Å². The lowest BCUT2D eigenvalue weighted by atomic mass is 10.3. The molecule has 1 heterocycles. The van der Waals surface area contributed by atoms with Gasteiger partial charge in [0.05, 0.1) is 4.90 Å². The smallest absolute Gasteiger partial charge is 0.246 e. The third-order valence-corrected chi connectivity index (χ3v) is 9.10. The number of amides is 1. The van der Waals surface area contributed by atoms with Crippen molar-refractivity contribution < 1.29 is 39.2 Å². The van der Waals surface area contributed by atoms with E-state index in [0.717, 1.165) is 33.5 Å². The molecule has 1 fully saturated rings. The van der Waals surface area contributed by atoms with Crippen LogP contribution in [0.3, 0.4) is 0 Å². The maximum absolute atomic E-state index is 14.0. The molecule has 0 aromatic heterocycles. The van der Waals surface area contributed by atoms with Crippen LogP contribution in [0.25, 0.3) is 0 Å². The van der Waals surface area contributed by atoms with E-state index in [1.807, 2.05) is 0 Å². The predicted octanol–water partition coefficient (Wildman–Crippen LogP) is 1.94. The summed E-state index contributed by atoms with van der Waals surface area (Å²) in [6, 6.07) is 5.08. The van der Waals surface area contributed by atoms with E-state index in [4.69, 9.17) is 0 Å². The minimum atomic E-state index is -4.52. The molecule has 0 N–H and O–H groups in total. The summed E-state index contributed by atoms with van der Waals surface area (Å²) in [4.78, 5) is 12.6. The van der Waals surface area contributed by atoms with Crippen LogP contribution in [0.15, 0.2) is 46.2 Å². The number of hydrogen-bond donors (Lipinski definition) is 0. The van der Waals surface area contributed by atoms with E-state index >= 15 is 0 Å². The van der Waals surface area contributed by atoms with Gasteiger partial charge in [0.2, 0.25) is 15.9 Å². The predicted molar refractivity (Wildman–Crippen MR) is 105 cm³/mol. The van der Waals surface area contributed by atoms with Gasteiger partial charge in [-0.2, -0.15) is 4.31 Å². The van der Waals surface area contributed by atoms with Crippen molar-refractivity contribution in [3.63, 3.8) is 0 Å². The van der Waals surface area contributed by atoms with Crippen LogP contribution in [0.4, 0.5) is 17.6 Å². The largest absolute Gasteiger partial charge is 0.339 e. The molecule has 0 bridgehead atoms. The highest BCUT2D eigenvalue weighted by Crippen LogP contribution is 2.25. The molecule has 1 aliphatic rings. The van der Waals surface area contributed by atoms with E-state index in [2.05, 4.69) is 0 Å². The van der Waals surface area contributed by atoms with Crippen LogP contribution >= 0.6 is 0 Å². The highest BCUT2D eigenvalue weighted by molar-refractivity contribution is 7.92. The van der Waals surface area contributed by atoms with Gasteiger partial charge in [0, 0.05) is 26.2 Å². The topological polar surface area (TPSA) is 91.8 Å². The molecule has 1 aliphatic heterocycles. The standard InChI is InChI=1S/C19H18F4N2O5S2/c1-12(31(27,28)14-4-2-13(20)3-5-14)19(26)24-8-10-25(11-9-24)32(29,30)16-7-6-15(21)17(22)18(16)23/h2-7,12H,8-11H2,1H3. The van der Waals surface area contributed by atoms with Gasteiger partial charge in [-0.25, -0.2) is 34.4 Å². The first kappa shape index (κ1) is 24.1. The van der Waals surface area contributed by atoms with Crippen molar-refractivity contribution in [1.29, 1.82) is 0 Å². The van der Waals surface area contributed by atoms with Crippen LogP contribution in [0.2, 0.25) is 0 Å². The number of hydrogen-bond acceptors (Lipinski definition) is 5. The average Bonchev–Trinajstić information content (AvgIpc) is 2.76. The Balaban J connectivity index is 1.73. The molecule has 13 heteroatoms. The van der Waals surface area contributed by atoms with E-state index < -0.39 is 59.2 Å². The molecule has 0 spiro atoms. The molecule has 1 atom stereocenters. The molecule has 0 radical (unpaired) electrons. The van der Waals surface area contributed by atoms with Gasteiger partial charge >= 0.3 is 0 Å². The number of sulfone groups is 1. The van der Waals surface area contributed by atoms with E-state index in [0.29, 0.717) is 12.1 Å². The third kappa shape index (κ3) is 4.36. The van der Waals surface area contributed by atoms with Crippen molar-refractivity contribution in [2.75, 3.05) is 26.2 Å². The van der Waals surface area contributed by atoms with Gasteiger partial charge in [0.25, 0.3) is 0 Å². The molecule has 2 aromatic rings. The summed E-state index contributed by atoms with van der Waals surface area (Å²) in [5.41, 5.74) is 0. The van der Waals surface area contributed by atoms with Crippen molar-refractivity contribution in [2.24, 2.45) is 0 Å². The summed E-state index contributed by atoms with van der Waals surface area (Å²) in [5, 5.41) is -1.51. The summed E-state index contributed by atoms with van der Waals surface area (Å²) in [7, 11) is -8.64. The number of rotatable bonds is 5. The first-order valence-corrected chi connectivity index (χ1v) is 12.3. The number of carbonyl (C=O) groups excluding carboxylic acids is 1. The summed E-state index contributed by atoms with van der Waals surface area (Å²) in [6.45, 7) is 0.145. The molecule has 32 heavy (non-hydrogen) atoms. The van der Waals surface area contributed by atoms with E-state index in [-0.39, 0.29) is 31.1 Å². The second-order valence-corrected chi connectivity index (χ2v) is 11.2. The fraction of sp³-hybridized carbons (Fsp3) is 0.316. The highest BCUT2D eigenvalue weighted by atomic mass is 32.2. The lowest BCUT2D eigenvalue weighted by Crippen LogP contribution is -2.53. The van der Waals surface area contributed by atoms with Crippen LogP contribution in [-0.2, 0) is 24.7 Å².